The van der Waals surface area contributed by atoms with Crippen molar-refractivity contribution in [2.45, 2.75) is 6.54 Å². The van der Waals surface area contributed by atoms with Crippen LogP contribution in [0, 0.1) is 10.1 Å². The molecule has 4 rings (SSSR count). The maximum Gasteiger partial charge on any atom is 0.270 e. The molecule has 2 heterocycles. The molecule has 8 nitrogen and oxygen atoms in total. The molecule has 2 aliphatic heterocycles. The molecule has 1 saturated heterocycles. The predicted molar refractivity (Wildman–Crippen MR) is 97.7 cm³/mol. The second-order valence-electron chi connectivity index (χ2n) is 6.72. The molecule has 8 heteroatoms. The van der Waals surface area contributed by atoms with Crippen molar-refractivity contribution >= 4 is 17.7 Å². The number of piperazine rings is 1. The van der Waals surface area contributed by atoms with Crippen molar-refractivity contribution < 1.29 is 24.1 Å². The molecule has 1 fully saturated rings. The molecule has 0 bridgehead atoms. The largest absolute Gasteiger partial charge is 0.454 e. The third-order valence-corrected chi connectivity index (χ3v) is 5.05. The van der Waals surface area contributed by atoms with E-state index in [-0.39, 0.29) is 12.5 Å². The molecule has 0 amide bonds. The van der Waals surface area contributed by atoms with E-state index in [0.29, 0.717) is 11.8 Å². The molecule has 1 N–H and O–H groups in total. The van der Waals surface area contributed by atoms with Crippen LogP contribution in [-0.2, 0) is 6.54 Å². The number of rotatable bonds is 5. The SMILES string of the molecule is O=Cc1cc([N+](=O)[O-])ccc1N1CC[NH+](Cc2ccc3c(c2)OCO3)CC1. The van der Waals surface area contributed by atoms with Crippen LogP contribution in [0.25, 0.3) is 0 Å². The van der Waals surface area contributed by atoms with E-state index < -0.39 is 4.92 Å². The van der Waals surface area contributed by atoms with Gasteiger partial charge in [-0.1, -0.05) is 0 Å². The third kappa shape index (κ3) is 3.56. The minimum absolute atomic E-state index is 0.0621. The van der Waals surface area contributed by atoms with Crippen LogP contribution in [0.2, 0.25) is 0 Å². The predicted octanol–water partition coefficient (Wildman–Crippen LogP) is 1.04. The minimum Gasteiger partial charge on any atom is -0.454 e. The monoisotopic (exact) mass is 370 g/mol. The van der Waals surface area contributed by atoms with E-state index in [0.717, 1.165) is 49.9 Å². The maximum atomic E-state index is 11.4. The zero-order valence-corrected chi connectivity index (χ0v) is 14.7. The summed E-state index contributed by atoms with van der Waals surface area (Å²) >= 11 is 0. The topological polar surface area (TPSA) is 86.4 Å². The zero-order valence-electron chi connectivity index (χ0n) is 14.7. The molecule has 2 aromatic rings. The van der Waals surface area contributed by atoms with E-state index >= 15 is 0 Å². The molecule has 140 valence electrons. The van der Waals surface area contributed by atoms with Crippen LogP contribution in [-0.4, -0.2) is 44.2 Å². The first-order valence-electron chi connectivity index (χ1n) is 8.85. The Hall–Kier alpha value is -3.13. The number of nitrogens with zero attached hydrogens (tertiary/aromatic N) is 2. The fraction of sp³-hybridized carbons (Fsp3) is 0.316. The number of ether oxygens (including phenoxy) is 2. The fourth-order valence-electron chi connectivity index (χ4n) is 3.62. The highest BCUT2D eigenvalue weighted by atomic mass is 16.7. The van der Waals surface area contributed by atoms with E-state index in [1.165, 1.54) is 22.6 Å². The number of nitrogens with one attached hydrogen (secondary N) is 1. The summed E-state index contributed by atoms with van der Waals surface area (Å²) in [6.07, 6.45) is 0.689. The molecule has 0 aromatic heterocycles. The summed E-state index contributed by atoms with van der Waals surface area (Å²) in [6.45, 7) is 4.59. The van der Waals surface area contributed by atoms with Gasteiger partial charge in [0.05, 0.1) is 31.1 Å². The van der Waals surface area contributed by atoms with E-state index in [9.17, 15) is 14.9 Å². The number of hydrogen-bond donors (Lipinski definition) is 1. The van der Waals surface area contributed by atoms with Crippen molar-refractivity contribution in [3.05, 3.63) is 57.6 Å². The molecule has 2 aliphatic rings. The lowest BCUT2D eigenvalue weighted by Crippen LogP contribution is -3.13. The number of hydrogen-bond acceptors (Lipinski definition) is 6. The Morgan fingerprint density at radius 1 is 1.11 bits per heavy atom. The molecular weight excluding hydrogens is 350 g/mol. The number of anilines is 1. The van der Waals surface area contributed by atoms with Crippen LogP contribution < -0.4 is 19.3 Å². The van der Waals surface area contributed by atoms with Gasteiger partial charge in [-0.05, 0) is 24.3 Å². The number of carbonyl (C=O) groups is 1. The van der Waals surface area contributed by atoms with Crippen LogP contribution in [0.1, 0.15) is 15.9 Å². The number of benzene rings is 2. The highest BCUT2D eigenvalue weighted by molar-refractivity contribution is 5.86. The van der Waals surface area contributed by atoms with Crippen molar-refractivity contribution in [3.63, 3.8) is 0 Å². The number of aldehydes is 1. The summed E-state index contributed by atoms with van der Waals surface area (Å²) in [7, 11) is 0. The summed E-state index contributed by atoms with van der Waals surface area (Å²) in [4.78, 5) is 25.4. The summed E-state index contributed by atoms with van der Waals surface area (Å²) < 4.78 is 10.8. The normalized spacial score (nSPS) is 16.4. The first kappa shape index (κ1) is 17.3. The van der Waals surface area contributed by atoms with Crippen molar-refractivity contribution in [1.29, 1.82) is 0 Å². The number of nitro benzene ring substituents is 1. The average molecular weight is 370 g/mol. The van der Waals surface area contributed by atoms with Crippen LogP contribution in [0.4, 0.5) is 11.4 Å². The highest BCUT2D eigenvalue weighted by Gasteiger charge is 2.24. The van der Waals surface area contributed by atoms with Crippen LogP contribution >= 0.6 is 0 Å². The highest BCUT2D eigenvalue weighted by Crippen LogP contribution is 2.32. The standard InChI is InChI=1S/C19H19N3O5/c23-12-15-10-16(22(24)25)2-3-17(15)21-7-5-20(6-8-21)11-14-1-4-18-19(9-14)27-13-26-18/h1-4,9-10,12H,5-8,11,13H2/p+1. The first-order valence-corrected chi connectivity index (χ1v) is 8.85. The van der Waals surface area contributed by atoms with Crippen molar-refractivity contribution in [2.24, 2.45) is 0 Å². The summed E-state index contributed by atoms with van der Waals surface area (Å²) in [5.41, 5.74) is 2.26. The van der Waals surface area contributed by atoms with Crippen molar-refractivity contribution in [1.82, 2.24) is 0 Å². The van der Waals surface area contributed by atoms with Gasteiger partial charge in [-0.25, -0.2) is 0 Å². The molecular formula is C19H20N3O5+. The van der Waals surface area contributed by atoms with Gasteiger partial charge in [0.15, 0.2) is 17.8 Å². The van der Waals surface area contributed by atoms with Gasteiger partial charge >= 0.3 is 0 Å². The van der Waals surface area contributed by atoms with Crippen LogP contribution in [0.15, 0.2) is 36.4 Å². The van der Waals surface area contributed by atoms with Crippen LogP contribution in [0.3, 0.4) is 0 Å². The molecule has 0 saturated carbocycles. The zero-order chi connectivity index (χ0) is 18.8. The lowest BCUT2D eigenvalue weighted by atomic mass is 10.1. The Morgan fingerprint density at radius 2 is 1.89 bits per heavy atom. The summed E-state index contributed by atoms with van der Waals surface area (Å²) in [5.74, 6) is 1.59. The number of carbonyl (C=O) groups excluding carboxylic acids is 1. The molecule has 0 aliphatic carbocycles. The van der Waals surface area contributed by atoms with Gasteiger partial charge in [0, 0.05) is 28.9 Å². The fourth-order valence-corrected chi connectivity index (χ4v) is 3.62. The van der Waals surface area contributed by atoms with E-state index in [1.54, 1.807) is 6.07 Å². The summed E-state index contributed by atoms with van der Waals surface area (Å²) in [5, 5.41) is 10.9. The Labute approximate surface area is 156 Å². The molecule has 0 unspecified atom stereocenters. The Balaban J connectivity index is 1.40. The van der Waals surface area contributed by atoms with Gasteiger partial charge in [0.1, 0.15) is 6.54 Å². The number of nitro groups is 1. The van der Waals surface area contributed by atoms with Gasteiger partial charge in [0.25, 0.3) is 5.69 Å². The number of non-ortho nitro benzene ring substituents is 1. The van der Waals surface area contributed by atoms with Crippen molar-refractivity contribution in [2.75, 3.05) is 37.9 Å². The molecule has 0 spiro atoms. The van der Waals surface area contributed by atoms with E-state index in [1.807, 2.05) is 12.1 Å². The number of quaternary nitrogens is 1. The lowest BCUT2D eigenvalue weighted by Gasteiger charge is -2.34. The van der Waals surface area contributed by atoms with E-state index in [4.69, 9.17) is 9.47 Å². The Morgan fingerprint density at radius 3 is 2.63 bits per heavy atom. The summed E-state index contributed by atoms with van der Waals surface area (Å²) in [6, 6.07) is 10.5. The van der Waals surface area contributed by atoms with Gasteiger partial charge in [-0.15, -0.1) is 0 Å². The van der Waals surface area contributed by atoms with Gasteiger partial charge in [-0.3, -0.25) is 14.9 Å². The molecule has 2 aromatic carbocycles. The number of fused-ring (bicyclic) bond motifs is 1. The van der Waals surface area contributed by atoms with Gasteiger partial charge in [-0.2, -0.15) is 0 Å². The Bertz CT molecular complexity index is 878. The lowest BCUT2D eigenvalue weighted by molar-refractivity contribution is -0.914. The molecule has 0 radical (unpaired) electrons. The maximum absolute atomic E-state index is 11.4. The van der Waals surface area contributed by atoms with Crippen molar-refractivity contribution in [3.8, 4) is 11.5 Å². The minimum atomic E-state index is -0.482. The smallest absolute Gasteiger partial charge is 0.270 e. The van der Waals surface area contributed by atoms with E-state index in [2.05, 4.69) is 11.0 Å². The second kappa shape index (κ2) is 7.24. The second-order valence-corrected chi connectivity index (χ2v) is 6.72. The van der Waals surface area contributed by atoms with Gasteiger partial charge < -0.3 is 19.3 Å². The Kier molecular flexibility index (Phi) is 4.64. The van der Waals surface area contributed by atoms with Crippen LogP contribution in [0.5, 0.6) is 11.5 Å². The third-order valence-electron chi connectivity index (χ3n) is 5.05. The molecule has 0 atom stereocenters. The van der Waals surface area contributed by atoms with Gasteiger partial charge in [0.2, 0.25) is 6.79 Å². The first-order chi connectivity index (χ1) is 13.1. The average Bonchev–Trinajstić information content (AvgIpc) is 3.16. The quantitative estimate of drug-likeness (QED) is 0.481. The molecule has 27 heavy (non-hydrogen) atoms.